The molecule has 0 saturated heterocycles. The van der Waals surface area contributed by atoms with E-state index in [4.69, 9.17) is 5.73 Å². The Labute approximate surface area is 96.4 Å². The van der Waals surface area contributed by atoms with E-state index in [-0.39, 0.29) is 17.3 Å². The molecular weight excluding hydrogens is 234 g/mol. The molecule has 16 heavy (non-hydrogen) atoms. The first-order valence-electron chi connectivity index (χ1n) is 4.66. The lowest BCUT2D eigenvalue weighted by molar-refractivity contribution is -0.113. The molecular formula is C10H12F2N2OS. The van der Waals surface area contributed by atoms with Crippen molar-refractivity contribution < 1.29 is 13.6 Å². The summed E-state index contributed by atoms with van der Waals surface area (Å²) < 4.78 is 25.4. The Kier molecular flexibility index (Phi) is 5.21. The van der Waals surface area contributed by atoms with Gasteiger partial charge in [-0.15, -0.1) is 0 Å². The summed E-state index contributed by atoms with van der Waals surface area (Å²) >= 11 is 1.38. The maximum atomic E-state index is 12.8. The number of anilines is 1. The summed E-state index contributed by atoms with van der Waals surface area (Å²) in [6.07, 6.45) is 0. The number of carbonyl (C=O) groups is 1. The van der Waals surface area contributed by atoms with Gasteiger partial charge in [0.1, 0.15) is 0 Å². The third kappa shape index (κ3) is 4.16. The van der Waals surface area contributed by atoms with E-state index in [1.807, 2.05) is 0 Å². The van der Waals surface area contributed by atoms with Crippen molar-refractivity contribution in [2.75, 3.05) is 23.4 Å². The van der Waals surface area contributed by atoms with Gasteiger partial charge in [-0.1, -0.05) is 0 Å². The van der Waals surface area contributed by atoms with E-state index >= 15 is 0 Å². The van der Waals surface area contributed by atoms with E-state index in [1.165, 1.54) is 17.8 Å². The molecule has 0 atom stereocenters. The standard InChI is InChI=1S/C10H12F2N2OS/c11-8-2-1-7(5-9(8)12)14-10(15)6-16-4-3-13/h1-2,5H,3-4,6,13H2,(H,14,15). The van der Waals surface area contributed by atoms with Crippen molar-refractivity contribution in [2.24, 2.45) is 5.73 Å². The van der Waals surface area contributed by atoms with Crippen LogP contribution in [0.4, 0.5) is 14.5 Å². The molecule has 0 saturated carbocycles. The second kappa shape index (κ2) is 6.44. The van der Waals surface area contributed by atoms with Gasteiger partial charge in [0.05, 0.1) is 5.75 Å². The predicted octanol–water partition coefficient (Wildman–Crippen LogP) is 1.60. The molecule has 1 amide bonds. The minimum Gasteiger partial charge on any atom is -0.330 e. The summed E-state index contributed by atoms with van der Waals surface area (Å²) in [7, 11) is 0. The van der Waals surface area contributed by atoms with Crippen LogP contribution >= 0.6 is 11.8 Å². The number of hydrogen-bond donors (Lipinski definition) is 2. The highest BCUT2D eigenvalue weighted by molar-refractivity contribution is 7.99. The van der Waals surface area contributed by atoms with Crippen LogP contribution in [0.1, 0.15) is 0 Å². The van der Waals surface area contributed by atoms with Gasteiger partial charge in [0.25, 0.3) is 0 Å². The van der Waals surface area contributed by atoms with Crippen LogP contribution < -0.4 is 11.1 Å². The highest BCUT2D eigenvalue weighted by atomic mass is 32.2. The number of amides is 1. The molecule has 0 heterocycles. The van der Waals surface area contributed by atoms with Gasteiger partial charge in [0.15, 0.2) is 11.6 Å². The van der Waals surface area contributed by atoms with Crippen molar-refractivity contribution in [1.29, 1.82) is 0 Å². The van der Waals surface area contributed by atoms with Gasteiger partial charge in [-0.25, -0.2) is 8.78 Å². The van der Waals surface area contributed by atoms with E-state index < -0.39 is 11.6 Å². The van der Waals surface area contributed by atoms with Crippen LogP contribution in [-0.2, 0) is 4.79 Å². The Morgan fingerprint density at radius 2 is 2.12 bits per heavy atom. The fourth-order valence-corrected chi connectivity index (χ4v) is 1.59. The highest BCUT2D eigenvalue weighted by Crippen LogP contribution is 2.13. The summed E-state index contributed by atoms with van der Waals surface area (Å²) in [5.41, 5.74) is 5.51. The number of hydrogen-bond acceptors (Lipinski definition) is 3. The molecule has 1 rings (SSSR count). The second-order valence-corrected chi connectivity index (χ2v) is 4.12. The molecule has 0 radical (unpaired) electrons. The predicted molar refractivity (Wildman–Crippen MR) is 61.4 cm³/mol. The van der Waals surface area contributed by atoms with Crippen molar-refractivity contribution in [3.63, 3.8) is 0 Å². The first-order chi connectivity index (χ1) is 7.63. The lowest BCUT2D eigenvalue weighted by atomic mass is 10.3. The molecule has 88 valence electrons. The van der Waals surface area contributed by atoms with Gasteiger partial charge < -0.3 is 11.1 Å². The van der Waals surface area contributed by atoms with Crippen molar-refractivity contribution in [3.8, 4) is 0 Å². The van der Waals surface area contributed by atoms with E-state index in [0.717, 1.165) is 12.1 Å². The first-order valence-corrected chi connectivity index (χ1v) is 5.81. The smallest absolute Gasteiger partial charge is 0.234 e. The maximum Gasteiger partial charge on any atom is 0.234 e. The fraction of sp³-hybridized carbons (Fsp3) is 0.300. The Morgan fingerprint density at radius 3 is 2.75 bits per heavy atom. The quantitative estimate of drug-likeness (QED) is 0.776. The second-order valence-electron chi connectivity index (χ2n) is 3.02. The summed E-state index contributed by atoms with van der Waals surface area (Å²) in [6.45, 7) is 0.503. The molecule has 1 aromatic rings. The van der Waals surface area contributed by atoms with Gasteiger partial charge >= 0.3 is 0 Å². The number of carbonyl (C=O) groups excluding carboxylic acids is 1. The zero-order valence-corrected chi connectivity index (χ0v) is 9.32. The van der Waals surface area contributed by atoms with Gasteiger partial charge in [0, 0.05) is 24.1 Å². The normalized spacial score (nSPS) is 10.2. The van der Waals surface area contributed by atoms with Crippen molar-refractivity contribution in [2.45, 2.75) is 0 Å². The number of rotatable bonds is 5. The Morgan fingerprint density at radius 1 is 1.38 bits per heavy atom. The minimum absolute atomic E-state index is 0.246. The molecule has 0 aliphatic heterocycles. The number of nitrogens with one attached hydrogen (secondary N) is 1. The largest absolute Gasteiger partial charge is 0.330 e. The summed E-state index contributed by atoms with van der Waals surface area (Å²) in [5.74, 6) is -1.24. The third-order valence-electron chi connectivity index (χ3n) is 1.70. The first kappa shape index (κ1) is 12.9. The number of halogens is 2. The van der Waals surface area contributed by atoms with Crippen LogP contribution in [0.25, 0.3) is 0 Å². The molecule has 0 aliphatic carbocycles. The average Bonchev–Trinajstić information content (AvgIpc) is 2.24. The van der Waals surface area contributed by atoms with Crippen molar-refractivity contribution >= 4 is 23.4 Å². The van der Waals surface area contributed by atoms with Crippen LogP contribution in [-0.4, -0.2) is 24.0 Å². The molecule has 3 nitrogen and oxygen atoms in total. The molecule has 0 aliphatic rings. The van der Waals surface area contributed by atoms with E-state index in [2.05, 4.69) is 5.32 Å². The highest BCUT2D eigenvalue weighted by Gasteiger charge is 2.05. The van der Waals surface area contributed by atoms with Crippen LogP contribution in [0.5, 0.6) is 0 Å². The zero-order valence-electron chi connectivity index (χ0n) is 8.50. The van der Waals surface area contributed by atoms with E-state index in [0.29, 0.717) is 12.3 Å². The van der Waals surface area contributed by atoms with Gasteiger partial charge in [-0.2, -0.15) is 11.8 Å². The number of thioether (sulfide) groups is 1. The van der Waals surface area contributed by atoms with Crippen LogP contribution in [0, 0.1) is 11.6 Å². The minimum atomic E-state index is -0.979. The van der Waals surface area contributed by atoms with Crippen molar-refractivity contribution in [1.82, 2.24) is 0 Å². The third-order valence-corrected chi connectivity index (χ3v) is 2.69. The summed E-state index contributed by atoms with van der Waals surface area (Å²) in [5, 5.41) is 2.46. The van der Waals surface area contributed by atoms with Gasteiger partial charge in [-0.3, -0.25) is 4.79 Å². The van der Waals surface area contributed by atoms with Crippen molar-refractivity contribution in [3.05, 3.63) is 29.8 Å². The van der Waals surface area contributed by atoms with Crippen LogP contribution in [0.15, 0.2) is 18.2 Å². The molecule has 0 spiro atoms. The number of benzene rings is 1. The maximum absolute atomic E-state index is 12.8. The number of nitrogens with two attached hydrogens (primary N) is 1. The molecule has 0 unspecified atom stereocenters. The monoisotopic (exact) mass is 246 g/mol. The molecule has 3 N–H and O–H groups in total. The zero-order chi connectivity index (χ0) is 12.0. The molecule has 0 bridgehead atoms. The molecule has 6 heteroatoms. The van der Waals surface area contributed by atoms with Crippen LogP contribution in [0.2, 0.25) is 0 Å². The lowest BCUT2D eigenvalue weighted by Gasteiger charge is -2.05. The van der Waals surface area contributed by atoms with E-state index in [1.54, 1.807) is 0 Å². The Balaban J connectivity index is 2.46. The topological polar surface area (TPSA) is 55.1 Å². The SMILES string of the molecule is NCCSCC(=O)Nc1ccc(F)c(F)c1. The summed E-state index contributed by atoms with van der Waals surface area (Å²) in [4.78, 5) is 11.3. The Hall–Kier alpha value is -1.14. The molecule has 0 aromatic heterocycles. The van der Waals surface area contributed by atoms with Gasteiger partial charge in [0.2, 0.25) is 5.91 Å². The van der Waals surface area contributed by atoms with E-state index in [9.17, 15) is 13.6 Å². The molecule has 0 fully saturated rings. The Bertz CT molecular complexity index is 374. The average molecular weight is 246 g/mol. The summed E-state index contributed by atoms with van der Waals surface area (Å²) in [6, 6.07) is 3.22. The lowest BCUT2D eigenvalue weighted by Crippen LogP contribution is -2.15. The van der Waals surface area contributed by atoms with Gasteiger partial charge in [-0.05, 0) is 12.1 Å². The van der Waals surface area contributed by atoms with Crippen LogP contribution in [0.3, 0.4) is 0 Å². The molecule has 1 aromatic carbocycles. The fourth-order valence-electron chi connectivity index (χ4n) is 1.02.